The highest BCUT2D eigenvalue weighted by atomic mass is 16.6. The molecule has 0 aliphatic heterocycles. The first kappa shape index (κ1) is 8.91. The zero-order chi connectivity index (χ0) is 10.0. The molecule has 1 aromatic rings. The van der Waals surface area contributed by atoms with E-state index in [4.69, 9.17) is 0 Å². The fourth-order valence-electron chi connectivity index (χ4n) is 0.804. The number of rotatable bonds is 2. The van der Waals surface area contributed by atoms with Gasteiger partial charge >= 0.3 is 11.4 Å². The van der Waals surface area contributed by atoms with Crippen molar-refractivity contribution in [3.63, 3.8) is 0 Å². The van der Waals surface area contributed by atoms with Crippen molar-refractivity contribution in [3.8, 4) is 5.75 Å². The van der Waals surface area contributed by atoms with Gasteiger partial charge in [0.25, 0.3) is 0 Å². The fourth-order valence-corrected chi connectivity index (χ4v) is 0.804. The van der Waals surface area contributed by atoms with E-state index in [1.165, 1.54) is 0 Å². The quantitative estimate of drug-likeness (QED) is 0.513. The van der Waals surface area contributed by atoms with Crippen molar-refractivity contribution in [2.75, 3.05) is 0 Å². The third kappa shape index (κ3) is 1.70. The molecule has 0 heterocycles. The van der Waals surface area contributed by atoms with Gasteiger partial charge in [-0.15, -0.1) is 0 Å². The molecule has 7 nitrogen and oxygen atoms in total. The summed E-state index contributed by atoms with van der Waals surface area (Å²) >= 11 is 0. The summed E-state index contributed by atoms with van der Waals surface area (Å²) in [5.74, 6) is -0.627. The zero-order valence-corrected chi connectivity index (χ0v) is 6.17. The second-order valence-electron chi connectivity index (χ2n) is 2.16. The van der Waals surface area contributed by atoms with Crippen LogP contribution in [-0.4, -0.2) is 9.85 Å². The van der Waals surface area contributed by atoms with Gasteiger partial charge in [-0.05, 0) is 6.07 Å². The van der Waals surface area contributed by atoms with E-state index in [0.29, 0.717) is 6.07 Å². The molecule has 0 saturated heterocycles. The van der Waals surface area contributed by atoms with Crippen LogP contribution in [0.3, 0.4) is 0 Å². The summed E-state index contributed by atoms with van der Waals surface area (Å²) in [7, 11) is 0. The van der Waals surface area contributed by atoms with Crippen LogP contribution in [0, 0.1) is 20.2 Å². The number of nitrogens with zero attached hydrogens (tertiary/aromatic N) is 2. The molecule has 0 N–H and O–H groups in total. The van der Waals surface area contributed by atoms with Gasteiger partial charge in [0.15, 0.2) is 5.75 Å². The highest BCUT2D eigenvalue weighted by molar-refractivity contribution is 5.55. The first-order valence-electron chi connectivity index (χ1n) is 3.12. The minimum absolute atomic E-state index is 0.623. The van der Waals surface area contributed by atoms with Gasteiger partial charge < -0.3 is 0 Å². The number of nitro benzene ring substituents is 2. The summed E-state index contributed by atoms with van der Waals surface area (Å²) in [5.41, 5.74) is -1.46. The van der Waals surface area contributed by atoms with E-state index in [2.05, 4.69) is 0 Å². The molecule has 0 aliphatic carbocycles. The Morgan fingerprint density at radius 3 is 2.00 bits per heavy atom. The molecule has 1 rings (SSSR count). The van der Waals surface area contributed by atoms with E-state index in [1.54, 1.807) is 0 Å². The molecular formula is C6H3N2O5. The largest absolute Gasteiger partial charge is 0.349 e. The number of hydrogen-bond donors (Lipinski definition) is 0. The van der Waals surface area contributed by atoms with E-state index in [1.807, 2.05) is 0 Å². The lowest BCUT2D eigenvalue weighted by Gasteiger charge is -1.93. The molecule has 0 aromatic heterocycles. The Morgan fingerprint density at radius 2 is 1.54 bits per heavy atom. The number of nitro groups is 2. The van der Waals surface area contributed by atoms with Gasteiger partial charge in [0, 0.05) is 6.07 Å². The molecule has 67 valence electrons. The molecule has 1 radical (unpaired) electrons. The molecule has 7 heteroatoms. The van der Waals surface area contributed by atoms with E-state index in [-0.39, 0.29) is 0 Å². The Morgan fingerprint density at radius 1 is 1.00 bits per heavy atom. The summed E-state index contributed by atoms with van der Waals surface area (Å²) in [4.78, 5) is 18.6. The molecule has 0 saturated carbocycles. The molecule has 13 heavy (non-hydrogen) atoms. The Hall–Kier alpha value is -2.18. The SMILES string of the molecule is [O]c1ccc([N+](=O)[O-])c([N+](=O)[O-])c1. The van der Waals surface area contributed by atoms with E-state index >= 15 is 0 Å². The van der Waals surface area contributed by atoms with Crippen LogP contribution in [0.25, 0.3) is 0 Å². The Balaban J connectivity index is 3.35. The Labute approximate surface area is 71.5 Å². The maximum absolute atomic E-state index is 10.6. The number of hydrogen-bond acceptors (Lipinski definition) is 4. The molecule has 0 aliphatic rings. The lowest BCUT2D eigenvalue weighted by atomic mass is 10.2. The van der Waals surface area contributed by atoms with Crippen molar-refractivity contribution < 1.29 is 15.0 Å². The first-order chi connectivity index (χ1) is 6.02. The summed E-state index contributed by atoms with van der Waals surface area (Å²) in [6, 6.07) is 2.35. The van der Waals surface area contributed by atoms with Gasteiger partial charge in [-0.3, -0.25) is 25.3 Å². The second kappa shape index (κ2) is 3.05. The summed E-state index contributed by atoms with van der Waals surface area (Å²) in [6.07, 6.45) is 0. The highest BCUT2D eigenvalue weighted by Crippen LogP contribution is 2.29. The average Bonchev–Trinajstić information content (AvgIpc) is 2.03. The van der Waals surface area contributed by atoms with Crippen LogP contribution in [-0.2, 0) is 5.11 Å². The van der Waals surface area contributed by atoms with E-state index in [9.17, 15) is 25.3 Å². The first-order valence-corrected chi connectivity index (χ1v) is 3.12. The maximum Gasteiger partial charge on any atom is 0.349 e. The zero-order valence-electron chi connectivity index (χ0n) is 6.17. The van der Waals surface area contributed by atoms with Crippen LogP contribution in [0.15, 0.2) is 18.2 Å². The minimum Gasteiger partial charge on any atom is -0.290 e. The van der Waals surface area contributed by atoms with Crippen molar-refractivity contribution in [1.82, 2.24) is 0 Å². The predicted octanol–water partition coefficient (Wildman–Crippen LogP) is 1.65. The molecule has 0 spiro atoms. The Kier molecular flexibility index (Phi) is 2.09. The number of benzene rings is 1. The van der Waals surface area contributed by atoms with E-state index < -0.39 is 27.0 Å². The van der Waals surface area contributed by atoms with Crippen molar-refractivity contribution in [3.05, 3.63) is 38.4 Å². The third-order valence-electron chi connectivity index (χ3n) is 1.34. The lowest BCUT2D eigenvalue weighted by Crippen LogP contribution is -1.95. The van der Waals surface area contributed by atoms with Gasteiger partial charge in [-0.25, -0.2) is 0 Å². The molecule has 0 bridgehead atoms. The van der Waals surface area contributed by atoms with Gasteiger partial charge in [0.05, 0.1) is 15.9 Å². The summed E-state index contributed by atoms with van der Waals surface area (Å²) in [6.45, 7) is 0. The monoisotopic (exact) mass is 183 g/mol. The normalized spacial score (nSPS) is 9.54. The summed E-state index contributed by atoms with van der Waals surface area (Å²) < 4.78 is 0. The van der Waals surface area contributed by atoms with Gasteiger partial charge in [0.1, 0.15) is 0 Å². The van der Waals surface area contributed by atoms with Gasteiger partial charge in [0.2, 0.25) is 0 Å². The third-order valence-corrected chi connectivity index (χ3v) is 1.34. The molecule has 0 unspecified atom stereocenters. The molecule has 0 atom stereocenters. The lowest BCUT2D eigenvalue weighted by molar-refractivity contribution is -0.422. The van der Waals surface area contributed by atoms with Crippen LogP contribution < -0.4 is 0 Å². The maximum atomic E-state index is 10.6. The topological polar surface area (TPSA) is 106 Å². The van der Waals surface area contributed by atoms with Crippen molar-refractivity contribution in [1.29, 1.82) is 0 Å². The van der Waals surface area contributed by atoms with Crippen LogP contribution >= 0.6 is 0 Å². The van der Waals surface area contributed by atoms with E-state index in [0.717, 1.165) is 12.1 Å². The molecular weight excluding hydrogens is 180 g/mol. The van der Waals surface area contributed by atoms with Crippen LogP contribution in [0.4, 0.5) is 11.4 Å². The molecule has 0 amide bonds. The van der Waals surface area contributed by atoms with Gasteiger partial charge in [-0.2, -0.15) is 0 Å². The van der Waals surface area contributed by atoms with Crippen molar-refractivity contribution in [2.24, 2.45) is 0 Å². The second-order valence-corrected chi connectivity index (χ2v) is 2.16. The van der Waals surface area contributed by atoms with Crippen LogP contribution in [0.5, 0.6) is 5.75 Å². The fraction of sp³-hybridized carbons (Fsp3) is 0. The van der Waals surface area contributed by atoms with Crippen molar-refractivity contribution in [2.45, 2.75) is 0 Å². The molecule has 1 aromatic carbocycles. The summed E-state index contributed by atoms with van der Waals surface area (Å²) in [5, 5.41) is 31.1. The van der Waals surface area contributed by atoms with Crippen LogP contribution in [0.2, 0.25) is 0 Å². The highest BCUT2D eigenvalue weighted by Gasteiger charge is 2.24. The predicted molar refractivity (Wildman–Crippen MR) is 39.9 cm³/mol. The Bertz CT molecular complexity index is 375. The van der Waals surface area contributed by atoms with Crippen LogP contribution in [0.1, 0.15) is 0 Å². The van der Waals surface area contributed by atoms with Crippen molar-refractivity contribution >= 4 is 11.4 Å². The standard InChI is InChI=1S/C6H3N2O5/c9-4-1-2-5(7(10)11)6(3-4)8(12)13/h1-3H. The minimum atomic E-state index is -0.959. The average molecular weight is 183 g/mol. The smallest absolute Gasteiger partial charge is 0.290 e. The van der Waals surface area contributed by atoms with Gasteiger partial charge in [-0.1, -0.05) is 0 Å². The molecule has 0 fully saturated rings.